The highest BCUT2D eigenvalue weighted by atomic mass is 35.5. The Kier molecular flexibility index (Phi) is 11.9. The van der Waals surface area contributed by atoms with Crippen molar-refractivity contribution >= 4 is 39.1 Å². The van der Waals surface area contributed by atoms with Crippen LogP contribution in [0.4, 0.5) is 5.69 Å². The summed E-state index contributed by atoms with van der Waals surface area (Å²) < 4.78 is 40.6. The summed E-state index contributed by atoms with van der Waals surface area (Å²) in [5.74, 6) is -0.223. The Labute approximate surface area is 293 Å². The third-order valence-corrected chi connectivity index (χ3v) is 10.9. The lowest BCUT2D eigenvalue weighted by atomic mass is 10.0. The van der Waals surface area contributed by atoms with Crippen LogP contribution in [0.5, 0.6) is 11.5 Å². The van der Waals surface area contributed by atoms with Crippen LogP contribution in [0, 0.1) is 6.92 Å². The van der Waals surface area contributed by atoms with Crippen LogP contribution in [0.3, 0.4) is 0 Å². The monoisotopic (exact) mass is 703 g/mol. The maximum atomic E-state index is 14.8. The average Bonchev–Trinajstić information content (AvgIpc) is 3.63. The summed E-state index contributed by atoms with van der Waals surface area (Å²) in [5.41, 5.74) is 2.91. The summed E-state index contributed by atoms with van der Waals surface area (Å²) in [6.45, 7) is 1.47. The first-order chi connectivity index (χ1) is 23.6. The van der Waals surface area contributed by atoms with Gasteiger partial charge in [0.1, 0.15) is 12.6 Å². The van der Waals surface area contributed by atoms with Crippen LogP contribution in [0.1, 0.15) is 42.4 Å². The van der Waals surface area contributed by atoms with Gasteiger partial charge in [0.2, 0.25) is 11.8 Å². The van der Waals surface area contributed by atoms with Crippen molar-refractivity contribution in [3.05, 3.63) is 119 Å². The Hall–Kier alpha value is -4.54. The molecule has 0 aliphatic heterocycles. The number of methoxy groups -OCH3 is 2. The molecule has 1 atom stereocenters. The molecule has 11 heteroatoms. The normalized spacial score (nSPS) is 13.8. The molecule has 0 heterocycles. The van der Waals surface area contributed by atoms with Crippen molar-refractivity contribution in [2.24, 2.45) is 0 Å². The summed E-state index contributed by atoms with van der Waals surface area (Å²) in [4.78, 5) is 30.4. The number of sulfonamides is 1. The Bertz CT molecular complexity index is 1850. The molecule has 258 valence electrons. The van der Waals surface area contributed by atoms with E-state index in [9.17, 15) is 18.0 Å². The van der Waals surface area contributed by atoms with Gasteiger partial charge in [-0.1, -0.05) is 79.0 Å². The molecule has 1 aliphatic carbocycles. The second kappa shape index (κ2) is 16.2. The smallest absolute Gasteiger partial charge is 0.264 e. The number of anilines is 1. The predicted octanol–water partition coefficient (Wildman–Crippen LogP) is 6.56. The third-order valence-electron chi connectivity index (χ3n) is 8.91. The van der Waals surface area contributed by atoms with E-state index in [0.717, 1.165) is 46.7 Å². The molecule has 0 bridgehead atoms. The Morgan fingerprint density at radius 3 is 2.18 bits per heavy atom. The molecule has 9 nitrogen and oxygen atoms in total. The standard InChI is InChI=1S/C38H42ClN3O6S/c1-27-11-7-8-14-29(27)25-41(34(23-28-12-5-4-6-13-28)38(44)40-31-15-9-10-16-31)37(43)26-42(32-19-17-30(39)18-20-32)49(45,46)33-21-22-35(47-2)36(24-33)48-3/h4-8,11-14,17-22,24,31,34H,9-10,15-16,23,25-26H2,1-3H3,(H,40,44). The van der Waals surface area contributed by atoms with Gasteiger partial charge in [-0.25, -0.2) is 8.42 Å². The molecule has 4 aromatic rings. The average molecular weight is 704 g/mol. The number of benzene rings is 4. The van der Waals surface area contributed by atoms with Crippen LogP contribution < -0.4 is 19.1 Å². The highest BCUT2D eigenvalue weighted by Crippen LogP contribution is 2.33. The lowest BCUT2D eigenvalue weighted by Gasteiger charge is -2.34. The van der Waals surface area contributed by atoms with Crippen molar-refractivity contribution in [3.63, 3.8) is 0 Å². The molecule has 1 N–H and O–H groups in total. The minimum absolute atomic E-state index is 0.0252. The fraction of sp³-hybridized carbons (Fsp3) is 0.316. The van der Waals surface area contributed by atoms with Crippen molar-refractivity contribution in [2.45, 2.75) is 62.6 Å². The quantitative estimate of drug-likeness (QED) is 0.160. The fourth-order valence-electron chi connectivity index (χ4n) is 6.13. The van der Waals surface area contributed by atoms with Gasteiger partial charge in [0.05, 0.1) is 24.8 Å². The molecular weight excluding hydrogens is 662 g/mol. The number of halogens is 1. The van der Waals surface area contributed by atoms with Gasteiger partial charge in [0.25, 0.3) is 10.0 Å². The van der Waals surface area contributed by atoms with Crippen molar-refractivity contribution in [1.82, 2.24) is 10.2 Å². The molecule has 0 radical (unpaired) electrons. The molecule has 1 saturated carbocycles. The van der Waals surface area contributed by atoms with E-state index in [4.69, 9.17) is 21.1 Å². The Balaban J connectivity index is 1.59. The van der Waals surface area contributed by atoms with E-state index in [1.54, 1.807) is 24.3 Å². The summed E-state index contributed by atoms with van der Waals surface area (Å²) in [6.07, 6.45) is 4.07. The van der Waals surface area contributed by atoms with Gasteiger partial charge in [0, 0.05) is 30.1 Å². The van der Waals surface area contributed by atoms with Gasteiger partial charge in [-0.05, 0) is 72.9 Å². The molecule has 2 amide bonds. The van der Waals surface area contributed by atoms with E-state index in [1.165, 1.54) is 37.3 Å². The lowest BCUT2D eigenvalue weighted by molar-refractivity contribution is -0.140. The highest BCUT2D eigenvalue weighted by Gasteiger charge is 2.36. The van der Waals surface area contributed by atoms with Gasteiger partial charge in [0.15, 0.2) is 11.5 Å². The number of rotatable bonds is 14. The summed E-state index contributed by atoms with van der Waals surface area (Å²) >= 11 is 6.19. The molecule has 0 aromatic heterocycles. The number of ether oxygens (including phenoxy) is 2. The van der Waals surface area contributed by atoms with Crippen LogP contribution in [0.2, 0.25) is 5.02 Å². The number of hydrogen-bond donors (Lipinski definition) is 1. The van der Waals surface area contributed by atoms with Crippen molar-refractivity contribution in [1.29, 1.82) is 0 Å². The molecule has 5 rings (SSSR count). The highest BCUT2D eigenvalue weighted by molar-refractivity contribution is 7.92. The van der Waals surface area contributed by atoms with Gasteiger partial charge < -0.3 is 19.7 Å². The molecular formula is C38H42ClN3O6S. The number of carbonyl (C=O) groups is 2. The number of nitrogens with zero attached hydrogens (tertiary/aromatic N) is 2. The van der Waals surface area contributed by atoms with Gasteiger partial charge >= 0.3 is 0 Å². The zero-order valence-electron chi connectivity index (χ0n) is 28.0. The summed E-state index contributed by atoms with van der Waals surface area (Å²) in [7, 11) is -1.47. The molecule has 49 heavy (non-hydrogen) atoms. The molecule has 1 unspecified atom stereocenters. The van der Waals surface area contributed by atoms with E-state index in [1.807, 2.05) is 61.5 Å². The third kappa shape index (κ3) is 8.74. The van der Waals surface area contributed by atoms with Crippen LogP contribution in [-0.2, 0) is 32.6 Å². The van der Waals surface area contributed by atoms with Crippen LogP contribution in [0.25, 0.3) is 0 Å². The second-order valence-electron chi connectivity index (χ2n) is 12.1. The Morgan fingerprint density at radius 2 is 1.53 bits per heavy atom. The van der Waals surface area contributed by atoms with Crippen LogP contribution in [0.15, 0.2) is 102 Å². The number of nitrogens with one attached hydrogen (secondary N) is 1. The first-order valence-corrected chi connectivity index (χ1v) is 18.1. The zero-order valence-corrected chi connectivity index (χ0v) is 29.5. The van der Waals surface area contributed by atoms with E-state index in [-0.39, 0.29) is 41.2 Å². The lowest BCUT2D eigenvalue weighted by Crippen LogP contribution is -2.54. The van der Waals surface area contributed by atoms with Crippen LogP contribution >= 0.6 is 11.6 Å². The van der Waals surface area contributed by atoms with E-state index in [2.05, 4.69) is 5.32 Å². The van der Waals surface area contributed by atoms with Gasteiger partial charge in [-0.15, -0.1) is 0 Å². The van der Waals surface area contributed by atoms with E-state index < -0.39 is 28.5 Å². The minimum Gasteiger partial charge on any atom is -0.493 e. The molecule has 1 aliphatic rings. The van der Waals surface area contributed by atoms with Crippen molar-refractivity contribution in [2.75, 3.05) is 25.1 Å². The second-order valence-corrected chi connectivity index (χ2v) is 14.4. The Morgan fingerprint density at radius 1 is 0.878 bits per heavy atom. The molecule has 0 saturated heterocycles. The first kappa shape index (κ1) is 35.8. The number of carbonyl (C=O) groups excluding carboxylic acids is 2. The maximum Gasteiger partial charge on any atom is 0.264 e. The summed E-state index contributed by atoms with van der Waals surface area (Å²) in [6, 6.07) is 26.8. The van der Waals surface area contributed by atoms with E-state index in [0.29, 0.717) is 10.8 Å². The number of hydrogen-bond acceptors (Lipinski definition) is 6. The maximum absolute atomic E-state index is 14.8. The molecule has 4 aromatic carbocycles. The van der Waals surface area contributed by atoms with Crippen molar-refractivity contribution in [3.8, 4) is 11.5 Å². The SMILES string of the molecule is COc1ccc(S(=O)(=O)N(CC(=O)N(Cc2ccccc2C)C(Cc2ccccc2)C(=O)NC2CCCC2)c2ccc(Cl)cc2)cc1OC. The minimum atomic E-state index is -4.35. The van der Waals surface area contributed by atoms with Gasteiger partial charge in [-0.3, -0.25) is 13.9 Å². The fourth-order valence-corrected chi connectivity index (χ4v) is 7.69. The largest absolute Gasteiger partial charge is 0.493 e. The molecule has 1 fully saturated rings. The zero-order chi connectivity index (χ0) is 35.0. The summed E-state index contributed by atoms with van der Waals surface area (Å²) in [5, 5.41) is 3.61. The number of aryl methyl sites for hydroxylation is 1. The van der Waals surface area contributed by atoms with Crippen LogP contribution in [-0.4, -0.2) is 58.0 Å². The predicted molar refractivity (Wildman–Crippen MR) is 192 cm³/mol. The van der Waals surface area contributed by atoms with E-state index >= 15 is 0 Å². The first-order valence-electron chi connectivity index (χ1n) is 16.3. The van der Waals surface area contributed by atoms with Gasteiger partial charge in [-0.2, -0.15) is 0 Å². The molecule has 0 spiro atoms. The topological polar surface area (TPSA) is 105 Å². The van der Waals surface area contributed by atoms with Crippen molar-refractivity contribution < 1.29 is 27.5 Å². The number of amides is 2.